The number of hydrogen-bond donors (Lipinski definition) is 0. The lowest BCUT2D eigenvalue weighted by atomic mass is 10.0. The van der Waals surface area contributed by atoms with Crippen molar-refractivity contribution in [3.63, 3.8) is 0 Å². The average Bonchev–Trinajstić information content (AvgIpc) is 2.91. The molecule has 0 radical (unpaired) electrons. The van der Waals surface area contributed by atoms with E-state index in [-0.39, 0.29) is 0 Å². The highest BCUT2D eigenvalue weighted by molar-refractivity contribution is 5.82. The Bertz CT molecular complexity index is 1380. The van der Waals surface area contributed by atoms with Gasteiger partial charge in [-0.05, 0) is 59.2 Å². The molecule has 0 saturated heterocycles. The molecule has 34 heavy (non-hydrogen) atoms. The molecular formula is C30H24N2O2. The van der Waals surface area contributed by atoms with Gasteiger partial charge in [-0.25, -0.2) is 4.98 Å². The molecule has 0 aliphatic rings. The third-order valence-corrected chi connectivity index (χ3v) is 5.44. The minimum absolute atomic E-state index is 0.418. The molecule has 0 aliphatic heterocycles. The summed E-state index contributed by atoms with van der Waals surface area (Å²) in [7, 11) is 0. The summed E-state index contributed by atoms with van der Waals surface area (Å²) in [5, 5.41) is 1.13. The maximum atomic E-state index is 6.00. The van der Waals surface area contributed by atoms with Crippen molar-refractivity contribution < 1.29 is 9.47 Å². The fourth-order valence-electron chi connectivity index (χ4n) is 3.66. The molecule has 3 aromatic carbocycles. The fraction of sp³-hybridized carbons (Fsp3) is 0.0667. The van der Waals surface area contributed by atoms with E-state index in [2.05, 4.69) is 52.4 Å². The number of para-hydroxylation sites is 1. The van der Waals surface area contributed by atoms with Crippen LogP contribution in [0.25, 0.3) is 22.6 Å². The van der Waals surface area contributed by atoms with Crippen molar-refractivity contribution in [2.75, 3.05) is 6.61 Å². The smallest absolute Gasteiger partial charge is 0.138 e. The Morgan fingerprint density at radius 1 is 0.706 bits per heavy atom. The van der Waals surface area contributed by atoms with E-state index in [1.165, 1.54) is 0 Å². The molecule has 2 aromatic heterocycles. The van der Waals surface area contributed by atoms with Crippen LogP contribution in [0.2, 0.25) is 0 Å². The SMILES string of the molecule is C(=C(COc1cccnc1)c1ccc(OCc2ccc3ccccc3n2)cc1)c1ccccc1. The Kier molecular flexibility index (Phi) is 6.58. The maximum absolute atomic E-state index is 6.00. The summed E-state index contributed by atoms with van der Waals surface area (Å²) in [4.78, 5) is 8.81. The second-order valence-corrected chi connectivity index (χ2v) is 7.87. The predicted octanol–water partition coefficient (Wildman–Crippen LogP) is 6.83. The van der Waals surface area contributed by atoms with Crippen LogP contribution in [0, 0.1) is 0 Å². The largest absolute Gasteiger partial charge is 0.487 e. The molecule has 2 heterocycles. The highest BCUT2D eigenvalue weighted by atomic mass is 16.5. The number of rotatable bonds is 8. The lowest BCUT2D eigenvalue weighted by Gasteiger charge is -2.12. The van der Waals surface area contributed by atoms with Crippen LogP contribution in [0.15, 0.2) is 116 Å². The number of fused-ring (bicyclic) bond motifs is 1. The molecular weight excluding hydrogens is 420 g/mol. The Hall–Kier alpha value is -4.44. The molecule has 4 heteroatoms. The van der Waals surface area contributed by atoms with Crippen molar-refractivity contribution in [2.24, 2.45) is 0 Å². The molecule has 4 nitrogen and oxygen atoms in total. The molecule has 0 spiro atoms. The summed E-state index contributed by atoms with van der Waals surface area (Å²) < 4.78 is 12.0. The van der Waals surface area contributed by atoms with E-state index in [1.54, 1.807) is 12.4 Å². The summed E-state index contributed by atoms with van der Waals surface area (Å²) >= 11 is 0. The van der Waals surface area contributed by atoms with Gasteiger partial charge in [0.1, 0.15) is 24.7 Å². The fourth-order valence-corrected chi connectivity index (χ4v) is 3.66. The van der Waals surface area contributed by atoms with Crippen molar-refractivity contribution in [3.05, 3.63) is 132 Å². The minimum atomic E-state index is 0.418. The number of ether oxygens (including phenoxy) is 2. The molecule has 0 amide bonds. The van der Waals surface area contributed by atoms with Gasteiger partial charge in [-0.15, -0.1) is 0 Å². The third kappa shape index (κ3) is 5.48. The van der Waals surface area contributed by atoms with Crippen LogP contribution in [0.4, 0.5) is 0 Å². The molecule has 0 bridgehead atoms. The van der Waals surface area contributed by atoms with Crippen molar-refractivity contribution in [1.29, 1.82) is 0 Å². The average molecular weight is 445 g/mol. The zero-order valence-corrected chi connectivity index (χ0v) is 18.7. The van der Waals surface area contributed by atoms with Crippen LogP contribution >= 0.6 is 0 Å². The Morgan fingerprint density at radius 3 is 2.35 bits per heavy atom. The van der Waals surface area contributed by atoms with Crippen LogP contribution in [0.3, 0.4) is 0 Å². The van der Waals surface area contributed by atoms with Gasteiger partial charge in [0.15, 0.2) is 0 Å². The minimum Gasteiger partial charge on any atom is -0.487 e. The first kappa shape index (κ1) is 21.4. The zero-order chi connectivity index (χ0) is 23.0. The van der Waals surface area contributed by atoms with E-state index in [0.29, 0.717) is 13.2 Å². The van der Waals surface area contributed by atoms with Gasteiger partial charge >= 0.3 is 0 Å². The van der Waals surface area contributed by atoms with Crippen LogP contribution in [-0.4, -0.2) is 16.6 Å². The molecule has 0 atom stereocenters. The standard InChI is InChI=1S/C30H24N2O2/c1-2-7-23(8-3-1)19-26(21-33-29-10-6-18-31-20-29)24-13-16-28(17-14-24)34-22-27-15-12-25-9-4-5-11-30(25)32-27/h1-20H,21-22H2. The molecule has 0 fully saturated rings. The second kappa shape index (κ2) is 10.5. The topological polar surface area (TPSA) is 44.2 Å². The second-order valence-electron chi connectivity index (χ2n) is 7.87. The van der Waals surface area contributed by atoms with E-state index in [1.807, 2.05) is 66.7 Å². The summed E-state index contributed by atoms with van der Waals surface area (Å²) in [5.41, 5.74) is 5.14. The molecule has 5 aromatic rings. The first-order chi connectivity index (χ1) is 16.8. The first-order valence-corrected chi connectivity index (χ1v) is 11.2. The van der Waals surface area contributed by atoms with Gasteiger partial charge in [-0.1, -0.05) is 66.7 Å². The van der Waals surface area contributed by atoms with Crippen molar-refractivity contribution in [2.45, 2.75) is 6.61 Å². The molecule has 0 N–H and O–H groups in total. The first-order valence-electron chi connectivity index (χ1n) is 11.2. The Morgan fingerprint density at radius 2 is 1.53 bits per heavy atom. The number of aromatic nitrogens is 2. The van der Waals surface area contributed by atoms with Gasteiger partial charge in [0.25, 0.3) is 0 Å². The van der Waals surface area contributed by atoms with Crippen LogP contribution in [0.1, 0.15) is 16.8 Å². The highest BCUT2D eigenvalue weighted by Gasteiger charge is 2.06. The van der Waals surface area contributed by atoms with Crippen LogP contribution < -0.4 is 9.47 Å². The Balaban J connectivity index is 1.31. The van der Waals surface area contributed by atoms with Gasteiger partial charge in [0.2, 0.25) is 0 Å². The van der Waals surface area contributed by atoms with Crippen LogP contribution in [-0.2, 0) is 6.61 Å². The van der Waals surface area contributed by atoms with E-state index in [4.69, 9.17) is 9.47 Å². The third-order valence-electron chi connectivity index (χ3n) is 5.44. The highest BCUT2D eigenvalue weighted by Crippen LogP contribution is 2.23. The van der Waals surface area contributed by atoms with Gasteiger partial charge in [0.05, 0.1) is 17.4 Å². The lowest BCUT2D eigenvalue weighted by molar-refractivity contribution is 0.302. The van der Waals surface area contributed by atoms with Crippen molar-refractivity contribution >= 4 is 22.6 Å². The molecule has 0 saturated carbocycles. The van der Waals surface area contributed by atoms with E-state index in [0.717, 1.165) is 44.8 Å². The number of pyridine rings is 2. The number of hydrogen-bond acceptors (Lipinski definition) is 4. The molecule has 0 aliphatic carbocycles. The summed E-state index contributed by atoms with van der Waals surface area (Å²) in [6.07, 6.45) is 5.60. The maximum Gasteiger partial charge on any atom is 0.138 e. The monoisotopic (exact) mass is 444 g/mol. The zero-order valence-electron chi connectivity index (χ0n) is 18.7. The van der Waals surface area contributed by atoms with Gasteiger partial charge in [0, 0.05) is 11.6 Å². The number of nitrogens with zero attached hydrogens (tertiary/aromatic N) is 2. The van der Waals surface area contributed by atoms with Crippen molar-refractivity contribution in [1.82, 2.24) is 9.97 Å². The summed E-state index contributed by atoms with van der Waals surface area (Å²) in [5.74, 6) is 1.54. The lowest BCUT2D eigenvalue weighted by Crippen LogP contribution is -2.02. The molecule has 5 rings (SSSR count). The van der Waals surface area contributed by atoms with Gasteiger partial charge < -0.3 is 9.47 Å². The normalized spacial score (nSPS) is 11.4. The Labute approximate surface area is 199 Å². The van der Waals surface area contributed by atoms with Crippen LogP contribution in [0.5, 0.6) is 11.5 Å². The van der Waals surface area contributed by atoms with E-state index in [9.17, 15) is 0 Å². The van der Waals surface area contributed by atoms with E-state index >= 15 is 0 Å². The number of benzene rings is 3. The predicted molar refractivity (Wildman–Crippen MR) is 137 cm³/mol. The molecule has 0 unspecified atom stereocenters. The molecule has 166 valence electrons. The van der Waals surface area contributed by atoms with Crippen molar-refractivity contribution in [3.8, 4) is 11.5 Å². The van der Waals surface area contributed by atoms with Gasteiger partial charge in [-0.2, -0.15) is 0 Å². The quantitative estimate of drug-likeness (QED) is 0.246. The summed E-state index contributed by atoms with van der Waals surface area (Å²) in [6, 6.07) is 34.3. The summed E-state index contributed by atoms with van der Waals surface area (Å²) in [6.45, 7) is 0.850. The van der Waals surface area contributed by atoms with E-state index < -0.39 is 0 Å². The van der Waals surface area contributed by atoms with Gasteiger partial charge in [-0.3, -0.25) is 4.98 Å².